The van der Waals surface area contributed by atoms with Gasteiger partial charge < -0.3 is 9.47 Å². The first-order valence-electron chi connectivity index (χ1n) is 9.78. The Labute approximate surface area is 191 Å². The lowest BCUT2D eigenvalue weighted by molar-refractivity contribution is 0.217. The minimum atomic E-state index is -3.96. The van der Waals surface area contributed by atoms with Gasteiger partial charge >= 0.3 is 0 Å². The summed E-state index contributed by atoms with van der Waals surface area (Å²) in [5.41, 5.74) is 1.55. The minimum Gasteiger partial charge on any atom is -0.490 e. The molecule has 0 saturated heterocycles. The number of sulfonamides is 1. The first-order chi connectivity index (χ1) is 15.4. The molecule has 0 aliphatic carbocycles. The Bertz CT molecular complexity index is 1350. The Hall–Kier alpha value is -3.36. The quantitative estimate of drug-likeness (QED) is 0.371. The molecule has 1 N–H and O–H groups in total. The number of nitrogens with one attached hydrogen (secondary N) is 1. The van der Waals surface area contributed by atoms with Crippen LogP contribution in [0.4, 0.5) is 5.82 Å². The van der Waals surface area contributed by atoms with Crippen molar-refractivity contribution in [3.05, 3.63) is 83.5 Å². The molecule has 0 aliphatic rings. The molecule has 32 heavy (non-hydrogen) atoms. The number of benzene rings is 2. The topological polar surface area (TPSA) is 90.4 Å². The number of hydrogen-bond donors (Lipinski definition) is 1. The van der Waals surface area contributed by atoms with Gasteiger partial charge in [-0.15, -0.1) is 0 Å². The predicted molar refractivity (Wildman–Crippen MR) is 124 cm³/mol. The summed E-state index contributed by atoms with van der Waals surface area (Å²) in [5.74, 6) is 1.02. The van der Waals surface area contributed by atoms with Gasteiger partial charge in [-0.05, 0) is 48.9 Å². The number of anilines is 1. The van der Waals surface area contributed by atoms with Crippen LogP contribution in [-0.4, -0.2) is 31.6 Å². The Kier molecular flexibility index (Phi) is 6.43. The highest BCUT2D eigenvalue weighted by Crippen LogP contribution is 2.30. The van der Waals surface area contributed by atoms with Gasteiger partial charge in [-0.2, -0.15) is 0 Å². The average Bonchev–Trinajstić information content (AvgIpc) is 2.79. The summed E-state index contributed by atoms with van der Waals surface area (Å²) >= 11 is 6.11. The Morgan fingerprint density at radius 2 is 1.72 bits per heavy atom. The standard InChI is InChI=1S/C23H20ClN3O4S/c1-16-18(24)9-5-11-22(16)32(28,29)27-23-21(15-20-19(26-23)10-6-12-25-20)31-14-13-30-17-7-3-2-4-8-17/h2-12,15H,13-14H2,1H3,(H,26,27). The molecule has 0 saturated carbocycles. The maximum Gasteiger partial charge on any atom is 0.263 e. The number of pyridine rings is 2. The maximum absolute atomic E-state index is 13.1. The van der Waals surface area contributed by atoms with Gasteiger partial charge in [0.05, 0.1) is 15.9 Å². The molecular formula is C23H20ClN3O4S. The van der Waals surface area contributed by atoms with E-state index in [1.54, 1.807) is 43.5 Å². The zero-order chi connectivity index (χ0) is 22.6. The third-order valence-corrected chi connectivity index (χ3v) is 6.53. The van der Waals surface area contributed by atoms with E-state index in [1.807, 2.05) is 30.3 Å². The molecule has 0 atom stereocenters. The highest BCUT2D eigenvalue weighted by molar-refractivity contribution is 7.92. The van der Waals surface area contributed by atoms with Crippen LogP contribution in [0.15, 0.2) is 77.8 Å². The third-order valence-electron chi connectivity index (χ3n) is 4.64. The van der Waals surface area contributed by atoms with E-state index in [1.165, 1.54) is 6.07 Å². The number of nitrogens with zero attached hydrogens (tertiary/aromatic N) is 2. The highest BCUT2D eigenvalue weighted by atomic mass is 35.5. The van der Waals surface area contributed by atoms with Crippen molar-refractivity contribution in [1.82, 2.24) is 9.97 Å². The molecule has 0 bridgehead atoms. The maximum atomic E-state index is 13.1. The second-order valence-corrected chi connectivity index (χ2v) is 8.91. The van der Waals surface area contributed by atoms with E-state index in [2.05, 4.69) is 14.7 Å². The summed E-state index contributed by atoms with van der Waals surface area (Å²) in [5, 5.41) is 0.359. The lowest BCUT2D eigenvalue weighted by atomic mass is 10.2. The Morgan fingerprint density at radius 1 is 0.938 bits per heavy atom. The van der Waals surface area contributed by atoms with Crippen LogP contribution in [0.25, 0.3) is 11.0 Å². The number of para-hydroxylation sites is 1. The van der Waals surface area contributed by atoms with E-state index in [9.17, 15) is 8.42 Å². The Balaban J connectivity index is 1.60. The molecule has 2 aromatic heterocycles. The highest BCUT2D eigenvalue weighted by Gasteiger charge is 2.21. The van der Waals surface area contributed by atoms with E-state index < -0.39 is 10.0 Å². The molecule has 4 aromatic rings. The van der Waals surface area contributed by atoms with E-state index >= 15 is 0 Å². The van der Waals surface area contributed by atoms with Crippen LogP contribution in [0.3, 0.4) is 0 Å². The SMILES string of the molecule is Cc1c(Cl)cccc1S(=O)(=O)Nc1nc2cccnc2cc1OCCOc1ccccc1. The van der Waals surface area contributed by atoms with Crippen LogP contribution in [0.5, 0.6) is 11.5 Å². The second-order valence-electron chi connectivity index (χ2n) is 6.86. The Morgan fingerprint density at radius 3 is 2.53 bits per heavy atom. The first kappa shape index (κ1) is 21.9. The summed E-state index contributed by atoms with van der Waals surface area (Å²) < 4.78 is 40.1. The normalized spacial score (nSPS) is 11.3. The molecule has 0 amide bonds. The number of rotatable bonds is 8. The number of halogens is 1. The molecule has 2 heterocycles. The summed E-state index contributed by atoms with van der Waals surface area (Å²) in [6.07, 6.45) is 1.63. The zero-order valence-electron chi connectivity index (χ0n) is 17.2. The van der Waals surface area contributed by atoms with Crippen LogP contribution in [0.1, 0.15) is 5.56 Å². The molecule has 2 aromatic carbocycles. The fourth-order valence-electron chi connectivity index (χ4n) is 3.05. The van der Waals surface area contributed by atoms with E-state index in [0.29, 0.717) is 27.4 Å². The van der Waals surface area contributed by atoms with Crippen LogP contribution in [0, 0.1) is 6.92 Å². The fraction of sp³-hybridized carbons (Fsp3) is 0.130. The first-order valence-corrected chi connectivity index (χ1v) is 11.6. The van der Waals surface area contributed by atoms with E-state index in [4.69, 9.17) is 21.1 Å². The third kappa shape index (κ3) is 4.92. The van der Waals surface area contributed by atoms with Crippen molar-refractivity contribution < 1.29 is 17.9 Å². The summed E-state index contributed by atoms with van der Waals surface area (Å²) in [6.45, 7) is 2.09. The fourth-order valence-corrected chi connectivity index (χ4v) is 4.57. The molecule has 0 spiro atoms. The van der Waals surface area contributed by atoms with Crippen LogP contribution < -0.4 is 14.2 Å². The molecule has 0 aliphatic heterocycles. The van der Waals surface area contributed by atoms with Gasteiger partial charge in [-0.1, -0.05) is 35.9 Å². The van der Waals surface area contributed by atoms with Crippen LogP contribution >= 0.6 is 11.6 Å². The predicted octanol–water partition coefficient (Wildman–Crippen LogP) is 4.85. The summed E-state index contributed by atoms with van der Waals surface area (Å²) in [7, 11) is -3.96. The van der Waals surface area contributed by atoms with Crippen molar-refractivity contribution >= 4 is 38.5 Å². The molecule has 0 radical (unpaired) electrons. The van der Waals surface area contributed by atoms with Crippen molar-refractivity contribution in [2.45, 2.75) is 11.8 Å². The lowest BCUT2D eigenvalue weighted by Crippen LogP contribution is -2.17. The number of ether oxygens (including phenoxy) is 2. The van der Waals surface area contributed by atoms with Gasteiger partial charge in [0, 0.05) is 17.3 Å². The molecule has 4 rings (SSSR count). The van der Waals surface area contributed by atoms with Gasteiger partial charge in [0.15, 0.2) is 11.6 Å². The summed E-state index contributed by atoms with van der Waals surface area (Å²) in [4.78, 5) is 8.76. The number of hydrogen-bond acceptors (Lipinski definition) is 6. The van der Waals surface area contributed by atoms with Gasteiger partial charge in [-0.25, -0.2) is 13.4 Å². The molecule has 9 heteroatoms. The van der Waals surface area contributed by atoms with E-state index in [0.717, 1.165) is 0 Å². The van der Waals surface area contributed by atoms with Gasteiger partial charge in [0.2, 0.25) is 0 Å². The van der Waals surface area contributed by atoms with Crippen molar-refractivity contribution in [2.75, 3.05) is 17.9 Å². The largest absolute Gasteiger partial charge is 0.490 e. The van der Waals surface area contributed by atoms with Crippen molar-refractivity contribution in [3.63, 3.8) is 0 Å². The smallest absolute Gasteiger partial charge is 0.263 e. The van der Waals surface area contributed by atoms with Crippen molar-refractivity contribution in [3.8, 4) is 11.5 Å². The molecule has 7 nitrogen and oxygen atoms in total. The molecular weight excluding hydrogens is 450 g/mol. The average molecular weight is 470 g/mol. The molecule has 164 valence electrons. The molecule has 0 fully saturated rings. The van der Waals surface area contributed by atoms with Crippen molar-refractivity contribution in [2.24, 2.45) is 0 Å². The number of aromatic nitrogens is 2. The van der Waals surface area contributed by atoms with Gasteiger partial charge in [0.25, 0.3) is 10.0 Å². The second kappa shape index (κ2) is 9.42. The van der Waals surface area contributed by atoms with E-state index in [-0.39, 0.29) is 29.7 Å². The lowest BCUT2D eigenvalue weighted by Gasteiger charge is -2.15. The van der Waals surface area contributed by atoms with Crippen molar-refractivity contribution in [1.29, 1.82) is 0 Å². The summed E-state index contributed by atoms with van der Waals surface area (Å²) in [6, 6.07) is 19.2. The van der Waals surface area contributed by atoms with Gasteiger partial charge in [-0.3, -0.25) is 9.71 Å². The molecule has 0 unspecified atom stereocenters. The van der Waals surface area contributed by atoms with Gasteiger partial charge in [0.1, 0.15) is 19.0 Å². The van der Waals surface area contributed by atoms with Crippen LogP contribution in [-0.2, 0) is 10.0 Å². The number of fused-ring (bicyclic) bond motifs is 1. The minimum absolute atomic E-state index is 0.0598. The monoisotopic (exact) mass is 469 g/mol. The van der Waals surface area contributed by atoms with Crippen LogP contribution in [0.2, 0.25) is 5.02 Å². The zero-order valence-corrected chi connectivity index (χ0v) is 18.7.